The van der Waals surface area contributed by atoms with Crippen molar-refractivity contribution in [1.29, 1.82) is 0 Å². The van der Waals surface area contributed by atoms with E-state index in [1.165, 1.54) is 11.8 Å². The molecule has 26 heavy (non-hydrogen) atoms. The van der Waals surface area contributed by atoms with E-state index < -0.39 is 0 Å². The lowest BCUT2D eigenvalue weighted by molar-refractivity contribution is 0.0946. The van der Waals surface area contributed by atoms with Crippen molar-refractivity contribution in [2.24, 2.45) is 11.7 Å². The second-order valence-corrected chi connectivity index (χ2v) is 6.41. The number of carbonyl (C=O) groups excluding carboxylic acids is 1. The van der Waals surface area contributed by atoms with Gasteiger partial charge in [0.2, 0.25) is 0 Å². The molecule has 3 rings (SSSR count). The fourth-order valence-corrected chi connectivity index (χ4v) is 3.16. The number of rotatable bonds is 7. The van der Waals surface area contributed by atoms with Gasteiger partial charge in [-0.3, -0.25) is 4.79 Å². The highest BCUT2D eigenvalue weighted by Crippen LogP contribution is 2.16. The summed E-state index contributed by atoms with van der Waals surface area (Å²) in [6, 6.07) is 12.3. The Labute approximate surface area is 167 Å². The first kappa shape index (κ1) is 22.5. The lowest BCUT2D eigenvalue weighted by Gasteiger charge is -2.16. The van der Waals surface area contributed by atoms with Gasteiger partial charge in [0.25, 0.3) is 5.91 Å². The van der Waals surface area contributed by atoms with Gasteiger partial charge in [-0.25, -0.2) is 0 Å². The summed E-state index contributed by atoms with van der Waals surface area (Å²) in [5.74, 6) is 1.07. The molecule has 1 amide bonds. The summed E-state index contributed by atoms with van der Waals surface area (Å²) in [7, 11) is 0. The van der Waals surface area contributed by atoms with E-state index in [9.17, 15) is 4.79 Å². The van der Waals surface area contributed by atoms with Crippen LogP contribution in [0, 0.1) is 5.92 Å². The minimum atomic E-state index is -0.0822. The Morgan fingerprint density at radius 1 is 1.27 bits per heavy atom. The summed E-state index contributed by atoms with van der Waals surface area (Å²) in [6.07, 6.45) is 3.68. The number of hydrogen-bond donors (Lipinski definition) is 2. The number of halogens is 2. The first-order chi connectivity index (χ1) is 11.7. The van der Waals surface area contributed by atoms with Crippen LogP contribution in [0.4, 0.5) is 0 Å². The standard InChI is InChI=1S/C19H25N3O2.2ClH/c20-11-18-10-17(14-24-18)19(23)21-12-16-7-9-22(13-16)8-6-15-4-2-1-3-5-15;;/h1-5,10,14,16H,6-9,11-13,20H2,(H,21,23);2*1H. The Hall–Kier alpha value is -1.53. The minimum Gasteiger partial charge on any atom is -0.467 e. The van der Waals surface area contributed by atoms with Gasteiger partial charge >= 0.3 is 0 Å². The lowest BCUT2D eigenvalue weighted by Crippen LogP contribution is -2.31. The molecule has 1 aromatic carbocycles. The Kier molecular flexibility index (Phi) is 9.73. The molecule has 7 heteroatoms. The Morgan fingerprint density at radius 2 is 2.04 bits per heavy atom. The second kappa shape index (κ2) is 11.2. The van der Waals surface area contributed by atoms with E-state index in [4.69, 9.17) is 10.2 Å². The molecular formula is C19H27Cl2N3O2. The third-order valence-corrected chi connectivity index (χ3v) is 4.60. The first-order valence-electron chi connectivity index (χ1n) is 8.56. The van der Waals surface area contributed by atoms with Crippen molar-refractivity contribution in [3.8, 4) is 0 Å². The van der Waals surface area contributed by atoms with Crippen LogP contribution in [0.1, 0.15) is 28.1 Å². The maximum absolute atomic E-state index is 12.1. The smallest absolute Gasteiger partial charge is 0.254 e. The molecule has 3 N–H and O–H groups in total. The van der Waals surface area contributed by atoms with Crippen LogP contribution in [0.2, 0.25) is 0 Å². The summed E-state index contributed by atoms with van der Waals surface area (Å²) < 4.78 is 5.20. The molecule has 2 heterocycles. The van der Waals surface area contributed by atoms with Crippen molar-refractivity contribution in [2.75, 3.05) is 26.2 Å². The molecule has 0 aliphatic carbocycles. The topological polar surface area (TPSA) is 71.5 Å². The second-order valence-electron chi connectivity index (χ2n) is 6.41. The molecule has 1 fully saturated rings. The van der Waals surface area contributed by atoms with Crippen molar-refractivity contribution in [1.82, 2.24) is 10.2 Å². The molecule has 1 saturated heterocycles. The van der Waals surface area contributed by atoms with Crippen LogP contribution in [0.25, 0.3) is 0 Å². The predicted octanol–water partition coefficient (Wildman–Crippen LogP) is 2.88. The molecule has 1 unspecified atom stereocenters. The predicted molar refractivity (Wildman–Crippen MR) is 108 cm³/mol. The number of hydrogen-bond acceptors (Lipinski definition) is 4. The molecule has 1 aromatic heterocycles. The number of benzene rings is 1. The summed E-state index contributed by atoms with van der Waals surface area (Å²) in [4.78, 5) is 14.6. The van der Waals surface area contributed by atoms with Crippen molar-refractivity contribution < 1.29 is 9.21 Å². The maximum atomic E-state index is 12.1. The Morgan fingerprint density at radius 3 is 2.73 bits per heavy atom. The average Bonchev–Trinajstić information content (AvgIpc) is 3.28. The SMILES string of the molecule is Cl.Cl.NCc1cc(C(=O)NCC2CCN(CCc3ccccc3)C2)co1. The molecule has 0 saturated carbocycles. The number of nitrogens with two attached hydrogens (primary N) is 1. The Balaban J connectivity index is 0.00000169. The van der Waals surface area contributed by atoms with E-state index >= 15 is 0 Å². The molecule has 144 valence electrons. The van der Waals surface area contributed by atoms with Crippen LogP contribution in [0.15, 0.2) is 47.1 Å². The minimum absolute atomic E-state index is 0. The Bertz CT molecular complexity index is 664. The van der Waals surface area contributed by atoms with E-state index in [1.54, 1.807) is 6.07 Å². The molecule has 5 nitrogen and oxygen atoms in total. The van der Waals surface area contributed by atoms with Crippen LogP contribution < -0.4 is 11.1 Å². The number of amides is 1. The van der Waals surface area contributed by atoms with Gasteiger partial charge in [0.1, 0.15) is 12.0 Å². The van der Waals surface area contributed by atoms with Crippen LogP contribution >= 0.6 is 24.8 Å². The van der Waals surface area contributed by atoms with Gasteiger partial charge in [0.15, 0.2) is 0 Å². The van der Waals surface area contributed by atoms with E-state index in [0.717, 1.165) is 32.5 Å². The van der Waals surface area contributed by atoms with Crippen molar-refractivity contribution in [3.63, 3.8) is 0 Å². The van der Waals surface area contributed by atoms with Gasteiger partial charge in [0.05, 0.1) is 12.1 Å². The van der Waals surface area contributed by atoms with Crippen LogP contribution in [-0.4, -0.2) is 37.0 Å². The zero-order chi connectivity index (χ0) is 16.8. The molecule has 1 aliphatic rings. The first-order valence-corrected chi connectivity index (χ1v) is 8.56. The highest BCUT2D eigenvalue weighted by molar-refractivity contribution is 5.93. The number of nitrogens with zero attached hydrogens (tertiary/aromatic N) is 1. The third-order valence-electron chi connectivity index (χ3n) is 4.60. The summed E-state index contributed by atoms with van der Waals surface area (Å²) in [6.45, 7) is 4.26. The molecule has 0 spiro atoms. The monoisotopic (exact) mass is 399 g/mol. The largest absolute Gasteiger partial charge is 0.467 e. The van der Waals surface area contributed by atoms with Gasteiger partial charge in [-0.2, -0.15) is 0 Å². The zero-order valence-electron chi connectivity index (χ0n) is 14.7. The van der Waals surface area contributed by atoms with Gasteiger partial charge in [0, 0.05) is 19.6 Å². The number of likely N-dealkylation sites (tertiary alicyclic amines) is 1. The maximum Gasteiger partial charge on any atom is 0.254 e. The summed E-state index contributed by atoms with van der Waals surface area (Å²) in [5.41, 5.74) is 7.42. The van der Waals surface area contributed by atoms with Gasteiger partial charge in [-0.15, -0.1) is 24.8 Å². The molecular weight excluding hydrogens is 373 g/mol. The fourth-order valence-electron chi connectivity index (χ4n) is 3.16. The van der Waals surface area contributed by atoms with Crippen molar-refractivity contribution in [2.45, 2.75) is 19.4 Å². The van der Waals surface area contributed by atoms with Crippen LogP contribution in [-0.2, 0) is 13.0 Å². The highest BCUT2D eigenvalue weighted by atomic mass is 35.5. The van der Waals surface area contributed by atoms with Gasteiger partial charge < -0.3 is 20.4 Å². The fraction of sp³-hybridized carbons (Fsp3) is 0.421. The normalized spacial score (nSPS) is 16.6. The van der Waals surface area contributed by atoms with Crippen molar-refractivity contribution in [3.05, 3.63) is 59.5 Å². The lowest BCUT2D eigenvalue weighted by atomic mass is 10.1. The summed E-state index contributed by atoms with van der Waals surface area (Å²) >= 11 is 0. The van der Waals surface area contributed by atoms with E-state index in [2.05, 4.69) is 40.5 Å². The molecule has 0 bridgehead atoms. The summed E-state index contributed by atoms with van der Waals surface area (Å²) in [5, 5.41) is 3.01. The van der Waals surface area contributed by atoms with E-state index in [1.807, 2.05) is 0 Å². The molecule has 2 aromatic rings. The third kappa shape index (κ3) is 6.32. The van der Waals surface area contributed by atoms with Crippen LogP contribution in [0.3, 0.4) is 0 Å². The van der Waals surface area contributed by atoms with Gasteiger partial charge in [-0.1, -0.05) is 30.3 Å². The number of carbonyl (C=O) groups is 1. The van der Waals surface area contributed by atoms with E-state index in [0.29, 0.717) is 30.3 Å². The van der Waals surface area contributed by atoms with Crippen LogP contribution in [0.5, 0.6) is 0 Å². The molecule has 0 radical (unpaired) electrons. The average molecular weight is 400 g/mol. The molecule has 1 aliphatic heterocycles. The van der Waals surface area contributed by atoms with Gasteiger partial charge in [-0.05, 0) is 36.9 Å². The van der Waals surface area contributed by atoms with E-state index in [-0.39, 0.29) is 30.7 Å². The molecule has 1 atom stereocenters. The number of furan rings is 1. The highest BCUT2D eigenvalue weighted by Gasteiger charge is 2.22. The van der Waals surface area contributed by atoms with Crippen molar-refractivity contribution >= 4 is 30.7 Å². The zero-order valence-corrected chi connectivity index (χ0v) is 16.4. The number of nitrogens with one attached hydrogen (secondary N) is 1. The quantitative estimate of drug-likeness (QED) is 0.750.